The molecule has 1 amide bonds. The van der Waals surface area contributed by atoms with E-state index in [0.717, 1.165) is 4.90 Å². The number of carbonyl (C=O) groups is 2. The van der Waals surface area contributed by atoms with Crippen LogP contribution in [-0.2, 0) is 4.79 Å². The molecular weight excluding hydrogens is 366 g/mol. The summed E-state index contributed by atoms with van der Waals surface area (Å²) >= 11 is 5.75. The molecule has 4 atom stereocenters. The smallest absolute Gasteiger partial charge is 0.222 e. The lowest BCUT2D eigenvalue weighted by atomic mass is 10.0. The van der Waals surface area contributed by atoms with Crippen LogP contribution in [0.15, 0.2) is 24.3 Å². The van der Waals surface area contributed by atoms with Gasteiger partial charge >= 0.3 is 0 Å². The minimum Gasteiger partial charge on any atom is -0.394 e. The number of amides is 1. The molecule has 4 unspecified atom stereocenters. The van der Waals surface area contributed by atoms with Gasteiger partial charge in [0.15, 0.2) is 5.78 Å². The molecule has 146 valence electrons. The van der Waals surface area contributed by atoms with E-state index in [1.54, 1.807) is 24.3 Å². The summed E-state index contributed by atoms with van der Waals surface area (Å²) in [6, 6.07) is 6.28. The van der Waals surface area contributed by atoms with Gasteiger partial charge in [-0.15, -0.1) is 0 Å². The number of likely N-dealkylation sites (N-methyl/N-ethyl adjacent to an activating group) is 1. The molecule has 1 aromatic carbocycles. The molecule has 0 aromatic heterocycles. The summed E-state index contributed by atoms with van der Waals surface area (Å²) in [6.07, 6.45) is -6.78. The Morgan fingerprint density at radius 3 is 2.08 bits per heavy atom. The molecule has 0 saturated carbocycles. The number of aliphatic hydroxyl groups excluding tert-OH is 5. The molecule has 8 nitrogen and oxygen atoms in total. The number of benzene rings is 1. The highest BCUT2D eigenvalue weighted by molar-refractivity contribution is 6.30. The predicted octanol–water partition coefficient (Wildman–Crippen LogP) is -0.803. The van der Waals surface area contributed by atoms with E-state index >= 15 is 0 Å². The van der Waals surface area contributed by atoms with Gasteiger partial charge in [-0.3, -0.25) is 9.59 Å². The predicted molar refractivity (Wildman–Crippen MR) is 93.8 cm³/mol. The molecular formula is C17H24ClNO7. The quantitative estimate of drug-likeness (QED) is 0.330. The number of Topliss-reactive ketones (excluding diaryl/α,β-unsaturated/α-hetero) is 1. The van der Waals surface area contributed by atoms with Crippen LogP contribution in [-0.4, -0.2) is 86.7 Å². The molecule has 0 radical (unpaired) electrons. The number of ketones is 1. The molecule has 0 aliphatic rings. The third kappa shape index (κ3) is 6.64. The third-order valence-electron chi connectivity index (χ3n) is 3.94. The Kier molecular flexibility index (Phi) is 9.14. The first-order valence-corrected chi connectivity index (χ1v) is 8.41. The number of hydrogen-bond donors (Lipinski definition) is 5. The van der Waals surface area contributed by atoms with Gasteiger partial charge in [0.1, 0.15) is 24.4 Å². The maximum Gasteiger partial charge on any atom is 0.222 e. The van der Waals surface area contributed by atoms with E-state index in [9.17, 15) is 30.0 Å². The second kappa shape index (κ2) is 10.6. The standard InChI is InChI=1S/C17H24ClNO7/c1-19(8-13(22)16(25)17(26)14(23)9-20)15(24)7-6-12(21)10-2-4-11(18)5-3-10/h2-5,13-14,16-17,20,22-23,25-26H,6-9H2,1H3. The lowest BCUT2D eigenvalue weighted by Gasteiger charge is -2.28. The normalized spacial score (nSPS) is 15.8. The van der Waals surface area contributed by atoms with Crippen molar-refractivity contribution >= 4 is 23.3 Å². The average Bonchev–Trinajstić information content (AvgIpc) is 2.64. The van der Waals surface area contributed by atoms with Crippen LogP contribution in [0.4, 0.5) is 0 Å². The Balaban J connectivity index is 2.49. The van der Waals surface area contributed by atoms with E-state index in [1.165, 1.54) is 7.05 Å². The summed E-state index contributed by atoms with van der Waals surface area (Å²) in [5.74, 6) is -0.666. The summed E-state index contributed by atoms with van der Waals surface area (Å²) in [5, 5.41) is 47.6. The molecule has 0 aliphatic heterocycles. The highest BCUT2D eigenvalue weighted by Gasteiger charge is 2.31. The Bertz CT molecular complexity index is 595. The zero-order valence-electron chi connectivity index (χ0n) is 14.3. The minimum atomic E-state index is -1.76. The monoisotopic (exact) mass is 389 g/mol. The number of aliphatic hydroxyl groups is 5. The molecule has 0 aliphatic carbocycles. The number of nitrogens with zero attached hydrogens (tertiary/aromatic N) is 1. The first-order valence-electron chi connectivity index (χ1n) is 8.03. The maximum absolute atomic E-state index is 12.1. The fourth-order valence-corrected chi connectivity index (χ4v) is 2.37. The van der Waals surface area contributed by atoms with Crippen LogP contribution in [0.3, 0.4) is 0 Å². The Morgan fingerprint density at radius 2 is 1.54 bits per heavy atom. The van der Waals surface area contributed by atoms with E-state index in [2.05, 4.69) is 0 Å². The molecule has 26 heavy (non-hydrogen) atoms. The lowest BCUT2D eigenvalue weighted by molar-refractivity contribution is -0.137. The highest BCUT2D eigenvalue weighted by Crippen LogP contribution is 2.13. The van der Waals surface area contributed by atoms with Crippen molar-refractivity contribution in [3.05, 3.63) is 34.9 Å². The molecule has 9 heteroatoms. The number of carbonyl (C=O) groups excluding carboxylic acids is 2. The molecule has 0 saturated heterocycles. The molecule has 0 heterocycles. The van der Waals surface area contributed by atoms with E-state index < -0.39 is 36.9 Å². The van der Waals surface area contributed by atoms with Crippen LogP contribution in [0, 0.1) is 0 Å². The Labute approximate surface area is 156 Å². The van der Waals surface area contributed by atoms with E-state index in [4.69, 9.17) is 16.7 Å². The van der Waals surface area contributed by atoms with Gasteiger partial charge in [0.2, 0.25) is 5.91 Å². The van der Waals surface area contributed by atoms with Crippen molar-refractivity contribution in [3.8, 4) is 0 Å². The summed E-state index contributed by atoms with van der Waals surface area (Å²) in [5.41, 5.74) is 0.432. The van der Waals surface area contributed by atoms with Crippen LogP contribution >= 0.6 is 11.6 Å². The van der Waals surface area contributed by atoms with Gasteiger partial charge in [0, 0.05) is 37.0 Å². The van der Waals surface area contributed by atoms with Gasteiger partial charge in [-0.25, -0.2) is 0 Å². The largest absolute Gasteiger partial charge is 0.394 e. The van der Waals surface area contributed by atoms with Crippen molar-refractivity contribution in [2.45, 2.75) is 37.3 Å². The van der Waals surface area contributed by atoms with Gasteiger partial charge in [-0.2, -0.15) is 0 Å². The van der Waals surface area contributed by atoms with Crippen molar-refractivity contribution in [1.29, 1.82) is 0 Å². The fraction of sp³-hybridized carbons (Fsp3) is 0.529. The Hall–Kier alpha value is -1.55. The van der Waals surface area contributed by atoms with Crippen molar-refractivity contribution in [1.82, 2.24) is 4.90 Å². The summed E-state index contributed by atoms with van der Waals surface area (Å²) in [6.45, 7) is -1.10. The second-order valence-electron chi connectivity index (χ2n) is 6.00. The highest BCUT2D eigenvalue weighted by atomic mass is 35.5. The molecule has 5 N–H and O–H groups in total. The van der Waals surface area contributed by atoms with Crippen molar-refractivity contribution in [3.63, 3.8) is 0 Å². The van der Waals surface area contributed by atoms with Crippen molar-refractivity contribution < 1.29 is 35.1 Å². The summed E-state index contributed by atoms with van der Waals surface area (Å²) < 4.78 is 0. The topological polar surface area (TPSA) is 139 Å². The summed E-state index contributed by atoms with van der Waals surface area (Å²) in [4.78, 5) is 25.2. The number of halogens is 1. The van der Waals surface area contributed by atoms with Crippen LogP contribution in [0.5, 0.6) is 0 Å². The third-order valence-corrected chi connectivity index (χ3v) is 4.20. The van der Waals surface area contributed by atoms with Crippen LogP contribution in [0.2, 0.25) is 5.02 Å². The van der Waals surface area contributed by atoms with Crippen LogP contribution in [0.25, 0.3) is 0 Å². The summed E-state index contributed by atoms with van der Waals surface area (Å²) in [7, 11) is 1.37. The van der Waals surface area contributed by atoms with Crippen molar-refractivity contribution in [2.24, 2.45) is 0 Å². The van der Waals surface area contributed by atoms with Crippen LogP contribution < -0.4 is 0 Å². The first-order chi connectivity index (χ1) is 12.2. The fourth-order valence-electron chi connectivity index (χ4n) is 2.25. The number of rotatable bonds is 10. The van der Waals surface area contributed by atoms with Gasteiger partial charge < -0.3 is 30.4 Å². The van der Waals surface area contributed by atoms with Gasteiger partial charge in [0.25, 0.3) is 0 Å². The second-order valence-corrected chi connectivity index (χ2v) is 6.44. The number of hydrogen-bond acceptors (Lipinski definition) is 7. The first kappa shape index (κ1) is 22.5. The van der Waals surface area contributed by atoms with Crippen molar-refractivity contribution in [2.75, 3.05) is 20.2 Å². The maximum atomic E-state index is 12.1. The van der Waals surface area contributed by atoms with Crippen LogP contribution in [0.1, 0.15) is 23.2 Å². The minimum absolute atomic E-state index is 0.0324. The molecule has 1 rings (SSSR count). The molecule has 0 fully saturated rings. The zero-order valence-corrected chi connectivity index (χ0v) is 15.1. The SMILES string of the molecule is CN(CC(O)C(O)C(O)C(O)CO)C(=O)CCC(=O)c1ccc(Cl)cc1. The molecule has 0 spiro atoms. The van der Waals surface area contributed by atoms with Gasteiger partial charge in [-0.1, -0.05) is 11.6 Å². The van der Waals surface area contributed by atoms with Gasteiger partial charge in [-0.05, 0) is 24.3 Å². The molecule has 0 bridgehead atoms. The lowest BCUT2D eigenvalue weighted by Crippen LogP contribution is -2.50. The zero-order chi connectivity index (χ0) is 19.9. The van der Waals surface area contributed by atoms with E-state index in [0.29, 0.717) is 10.6 Å². The Morgan fingerprint density at radius 1 is 1.00 bits per heavy atom. The molecule has 1 aromatic rings. The average molecular weight is 390 g/mol. The van der Waals surface area contributed by atoms with Gasteiger partial charge in [0.05, 0.1) is 6.61 Å². The van der Waals surface area contributed by atoms with E-state index in [1.807, 2.05) is 0 Å². The van der Waals surface area contributed by atoms with E-state index in [-0.39, 0.29) is 25.2 Å².